The zero-order valence-electron chi connectivity index (χ0n) is 38.0. The maximum absolute atomic E-state index is 12.7. The van der Waals surface area contributed by atoms with Crippen LogP contribution in [-0.4, -0.2) is 37.2 Å². The largest absolute Gasteiger partial charge is 0.462 e. The van der Waals surface area contributed by atoms with Gasteiger partial charge in [-0.3, -0.25) is 14.4 Å². The van der Waals surface area contributed by atoms with Gasteiger partial charge in [-0.1, -0.05) is 176 Å². The van der Waals surface area contributed by atoms with Crippen molar-refractivity contribution in [1.29, 1.82) is 0 Å². The fourth-order valence-corrected chi connectivity index (χ4v) is 6.05. The van der Waals surface area contributed by atoms with Crippen LogP contribution in [0.1, 0.15) is 201 Å². The lowest BCUT2D eigenvalue weighted by atomic mass is 10.1. The predicted octanol–water partition coefficient (Wildman–Crippen LogP) is 15.4. The minimum atomic E-state index is -0.830. The first-order chi connectivity index (χ1) is 29.0. The predicted molar refractivity (Wildman–Crippen MR) is 251 cm³/mol. The number of hydrogen-bond donors (Lipinski definition) is 0. The minimum absolute atomic E-state index is 0.121. The summed E-state index contributed by atoms with van der Waals surface area (Å²) in [5.41, 5.74) is 0. The van der Waals surface area contributed by atoms with Crippen LogP contribution in [0.5, 0.6) is 0 Å². The van der Waals surface area contributed by atoms with E-state index in [9.17, 15) is 14.4 Å². The molecule has 0 spiro atoms. The summed E-state index contributed by atoms with van der Waals surface area (Å²) < 4.78 is 16.6. The Morgan fingerprint density at radius 1 is 0.356 bits per heavy atom. The Morgan fingerprint density at radius 3 is 1.14 bits per heavy atom. The molecule has 0 rings (SSSR count). The van der Waals surface area contributed by atoms with Gasteiger partial charge in [0.2, 0.25) is 0 Å². The second kappa shape index (κ2) is 47.0. The topological polar surface area (TPSA) is 78.9 Å². The molecule has 0 radical (unpaired) electrons. The van der Waals surface area contributed by atoms with Crippen molar-refractivity contribution in [2.24, 2.45) is 0 Å². The maximum Gasteiger partial charge on any atom is 0.306 e. The molecule has 6 heteroatoms. The lowest BCUT2D eigenvalue weighted by Gasteiger charge is -2.18. The first kappa shape index (κ1) is 55.3. The van der Waals surface area contributed by atoms with Crippen molar-refractivity contribution < 1.29 is 28.6 Å². The summed E-state index contributed by atoms with van der Waals surface area (Å²) in [6.07, 6.45) is 61.2. The molecule has 0 N–H and O–H groups in total. The van der Waals surface area contributed by atoms with E-state index in [1.807, 2.05) is 12.2 Å². The summed E-state index contributed by atoms with van der Waals surface area (Å²) in [4.78, 5) is 37.8. The van der Waals surface area contributed by atoms with E-state index in [0.717, 1.165) is 103 Å². The summed E-state index contributed by atoms with van der Waals surface area (Å²) in [6, 6.07) is 0. The number of rotatable bonds is 41. The summed E-state index contributed by atoms with van der Waals surface area (Å²) in [5, 5.41) is 0. The van der Waals surface area contributed by atoms with E-state index in [4.69, 9.17) is 14.2 Å². The highest BCUT2D eigenvalue weighted by molar-refractivity contribution is 5.71. The molecule has 334 valence electrons. The molecule has 0 aliphatic heterocycles. The molecule has 0 aromatic carbocycles. The molecule has 0 saturated carbocycles. The van der Waals surface area contributed by atoms with Crippen LogP contribution >= 0.6 is 0 Å². The number of hydrogen-bond acceptors (Lipinski definition) is 6. The number of unbranched alkanes of at least 4 members (excludes halogenated alkanes) is 14. The van der Waals surface area contributed by atoms with Crippen LogP contribution in [0.4, 0.5) is 0 Å². The third-order valence-electron chi connectivity index (χ3n) is 9.57. The summed E-state index contributed by atoms with van der Waals surface area (Å²) >= 11 is 0. The van der Waals surface area contributed by atoms with Crippen LogP contribution in [0.15, 0.2) is 97.2 Å². The van der Waals surface area contributed by atoms with Gasteiger partial charge < -0.3 is 14.2 Å². The first-order valence-corrected chi connectivity index (χ1v) is 23.7. The average Bonchev–Trinajstić information content (AvgIpc) is 3.23. The van der Waals surface area contributed by atoms with Gasteiger partial charge in [0.05, 0.1) is 0 Å². The van der Waals surface area contributed by atoms with E-state index >= 15 is 0 Å². The number of esters is 3. The van der Waals surface area contributed by atoms with E-state index in [-0.39, 0.29) is 31.6 Å². The third kappa shape index (κ3) is 45.3. The van der Waals surface area contributed by atoms with Crippen molar-refractivity contribution in [3.8, 4) is 0 Å². The van der Waals surface area contributed by atoms with Crippen LogP contribution in [0.25, 0.3) is 0 Å². The summed E-state index contributed by atoms with van der Waals surface area (Å²) in [7, 11) is 0. The Kier molecular flexibility index (Phi) is 44.1. The zero-order valence-corrected chi connectivity index (χ0v) is 38.0. The molecule has 1 unspecified atom stereocenters. The van der Waals surface area contributed by atoms with Crippen LogP contribution < -0.4 is 0 Å². The molecular weight excluding hydrogens is 733 g/mol. The highest BCUT2D eigenvalue weighted by atomic mass is 16.6. The van der Waals surface area contributed by atoms with Gasteiger partial charge in [0, 0.05) is 19.3 Å². The molecule has 0 aliphatic carbocycles. The Hall–Kier alpha value is -3.67. The van der Waals surface area contributed by atoms with Crippen molar-refractivity contribution in [2.75, 3.05) is 13.2 Å². The molecule has 0 fully saturated rings. The van der Waals surface area contributed by atoms with Gasteiger partial charge in [0.25, 0.3) is 0 Å². The molecule has 0 saturated heterocycles. The van der Waals surface area contributed by atoms with E-state index in [1.54, 1.807) is 0 Å². The van der Waals surface area contributed by atoms with Crippen LogP contribution in [-0.2, 0) is 28.6 Å². The van der Waals surface area contributed by atoms with E-state index < -0.39 is 12.1 Å². The summed E-state index contributed by atoms with van der Waals surface area (Å²) in [6.45, 7) is 6.28. The minimum Gasteiger partial charge on any atom is -0.462 e. The molecule has 0 heterocycles. The summed E-state index contributed by atoms with van der Waals surface area (Å²) in [5.74, 6) is -1.05. The number of allylic oxidation sites excluding steroid dienone is 16. The van der Waals surface area contributed by atoms with Gasteiger partial charge in [-0.05, 0) is 103 Å². The molecule has 0 amide bonds. The van der Waals surface area contributed by atoms with E-state index in [1.165, 1.54) is 51.4 Å². The van der Waals surface area contributed by atoms with Gasteiger partial charge in [-0.15, -0.1) is 0 Å². The van der Waals surface area contributed by atoms with Crippen molar-refractivity contribution in [3.05, 3.63) is 97.2 Å². The van der Waals surface area contributed by atoms with Gasteiger partial charge >= 0.3 is 17.9 Å². The fourth-order valence-electron chi connectivity index (χ4n) is 6.05. The monoisotopic (exact) mass is 819 g/mol. The quantitative estimate of drug-likeness (QED) is 0.0265. The molecular formula is C53H86O6. The van der Waals surface area contributed by atoms with Gasteiger partial charge in [-0.25, -0.2) is 0 Å². The first-order valence-electron chi connectivity index (χ1n) is 23.7. The van der Waals surface area contributed by atoms with Gasteiger partial charge in [-0.2, -0.15) is 0 Å². The molecule has 0 aromatic heterocycles. The smallest absolute Gasteiger partial charge is 0.306 e. The average molecular weight is 819 g/mol. The highest BCUT2D eigenvalue weighted by Crippen LogP contribution is 2.12. The molecule has 1 atom stereocenters. The number of carbonyl (C=O) groups is 3. The van der Waals surface area contributed by atoms with Crippen LogP contribution in [0, 0.1) is 0 Å². The van der Waals surface area contributed by atoms with E-state index in [0.29, 0.717) is 19.3 Å². The van der Waals surface area contributed by atoms with Gasteiger partial charge in [0.1, 0.15) is 13.2 Å². The van der Waals surface area contributed by atoms with E-state index in [2.05, 4.69) is 106 Å². The normalized spacial score (nSPS) is 12.9. The van der Waals surface area contributed by atoms with Crippen molar-refractivity contribution >= 4 is 17.9 Å². The van der Waals surface area contributed by atoms with Crippen LogP contribution in [0.3, 0.4) is 0 Å². The van der Waals surface area contributed by atoms with Crippen molar-refractivity contribution in [2.45, 2.75) is 207 Å². The Bertz CT molecular complexity index is 1220. The molecule has 0 aromatic rings. The van der Waals surface area contributed by atoms with Crippen LogP contribution in [0.2, 0.25) is 0 Å². The standard InChI is InChI=1S/C53H86O6/c1-4-7-10-13-16-19-22-25-26-29-31-34-37-40-43-46-52(55)58-49-50(59-53(56)47-44-41-38-35-32-28-24-21-18-15-12-9-6-3)48-57-51(54)45-42-39-36-33-30-27-23-20-17-14-11-8-5-2/h8-9,11-12,17-18,20-21,25-28,30,32,38,41,50H,4-7,10,13-16,19,22-24,29,31,33-37,39-40,42-49H2,1-3H3/b11-8-,12-9-,20-17-,21-18-,26-25-,30-27-,32-28-,41-38-. The molecule has 59 heavy (non-hydrogen) atoms. The molecule has 6 nitrogen and oxygen atoms in total. The fraction of sp³-hybridized carbons (Fsp3) is 0.642. The second-order valence-electron chi connectivity index (χ2n) is 15.2. The van der Waals surface area contributed by atoms with Gasteiger partial charge in [0.15, 0.2) is 6.10 Å². The Morgan fingerprint density at radius 2 is 0.695 bits per heavy atom. The maximum atomic E-state index is 12.7. The van der Waals surface area contributed by atoms with Crippen molar-refractivity contribution in [1.82, 2.24) is 0 Å². The molecule has 0 bridgehead atoms. The van der Waals surface area contributed by atoms with Crippen molar-refractivity contribution in [3.63, 3.8) is 0 Å². The zero-order chi connectivity index (χ0) is 43.0. The Labute approximate surface area is 362 Å². The second-order valence-corrected chi connectivity index (χ2v) is 15.2. The Balaban J connectivity index is 4.54. The molecule has 0 aliphatic rings. The highest BCUT2D eigenvalue weighted by Gasteiger charge is 2.19. The number of carbonyl (C=O) groups excluding carboxylic acids is 3. The third-order valence-corrected chi connectivity index (χ3v) is 9.57. The number of ether oxygens (including phenoxy) is 3. The SMILES string of the molecule is CC/C=C\C/C=C\C/C=C\C/C=C\CCC(=O)OC(COC(=O)CCCCC/C=C\C/C=C\C/C=C\CC)COC(=O)CCCCCCC/C=C\CCCCCCCC. The lowest BCUT2D eigenvalue weighted by molar-refractivity contribution is -0.166. The lowest BCUT2D eigenvalue weighted by Crippen LogP contribution is -2.30.